The number of thiophene rings is 1. The molecule has 0 unspecified atom stereocenters. The van der Waals surface area contributed by atoms with Crippen molar-refractivity contribution in [1.82, 2.24) is 5.32 Å². The monoisotopic (exact) mass is 330 g/mol. The molecule has 5 nitrogen and oxygen atoms in total. The predicted octanol–water partition coefficient (Wildman–Crippen LogP) is 2.79. The largest absolute Gasteiger partial charge is 0.481 e. The van der Waals surface area contributed by atoms with Crippen LogP contribution in [-0.4, -0.2) is 24.3 Å². The molecular formula is C17H18N2O3S. The highest BCUT2D eigenvalue weighted by Crippen LogP contribution is 2.24. The minimum absolute atomic E-state index is 0.104. The summed E-state index contributed by atoms with van der Waals surface area (Å²) < 4.78 is 5.29. The van der Waals surface area contributed by atoms with Crippen molar-refractivity contribution in [2.45, 2.75) is 12.5 Å². The lowest BCUT2D eigenvalue weighted by Gasteiger charge is -2.22. The summed E-state index contributed by atoms with van der Waals surface area (Å²) in [6.07, 6.45) is 5.14. The summed E-state index contributed by atoms with van der Waals surface area (Å²) in [5, 5.41) is 17.6. The second-order valence-electron chi connectivity index (χ2n) is 5.08. The highest BCUT2D eigenvalue weighted by atomic mass is 32.1. The van der Waals surface area contributed by atoms with Gasteiger partial charge in [0.15, 0.2) is 0 Å². The van der Waals surface area contributed by atoms with E-state index < -0.39 is 11.6 Å². The van der Waals surface area contributed by atoms with Gasteiger partial charge in [-0.3, -0.25) is 0 Å². The van der Waals surface area contributed by atoms with E-state index >= 15 is 0 Å². The molecule has 0 saturated heterocycles. The lowest BCUT2D eigenvalue weighted by Crippen LogP contribution is -2.40. The number of hydrogen-bond donors (Lipinski definition) is 3. The van der Waals surface area contributed by atoms with E-state index in [4.69, 9.17) is 11.2 Å². The molecule has 2 amide bonds. The van der Waals surface area contributed by atoms with Gasteiger partial charge in [0, 0.05) is 16.6 Å². The normalized spacial score (nSPS) is 12.7. The van der Waals surface area contributed by atoms with Gasteiger partial charge in [-0.2, -0.15) is 0 Å². The first kappa shape index (κ1) is 16.9. The fraction of sp³-hybridized carbons (Fsp3) is 0.235. The van der Waals surface area contributed by atoms with Crippen molar-refractivity contribution in [2.24, 2.45) is 0 Å². The number of carbonyl (C=O) groups excluding carboxylic acids is 1. The van der Waals surface area contributed by atoms with Crippen LogP contribution in [0, 0.1) is 12.3 Å². The molecule has 2 aromatic rings. The van der Waals surface area contributed by atoms with E-state index in [1.165, 1.54) is 11.3 Å². The Kier molecular flexibility index (Phi) is 5.63. The van der Waals surface area contributed by atoms with Gasteiger partial charge in [-0.1, -0.05) is 18.1 Å². The van der Waals surface area contributed by atoms with Crippen molar-refractivity contribution < 1.29 is 14.6 Å². The van der Waals surface area contributed by atoms with Crippen molar-refractivity contribution in [3.8, 4) is 18.1 Å². The molecule has 2 rings (SSSR count). The molecule has 120 valence electrons. The molecular weight excluding hydrogens is 312 g/mol. The maximum atomic E-state index is 12.0. The van der Waals surface area contributed by atoms with Crippen LogP contribution in [0.4, 0.5) is 10.5 Å². The highest BCUT2D eigenvalue weighted by molar-refractivity contribution is 7.10. The number of anilines is 1. The van der Waals surface area contributed by atoms with E-state index in [9.17, 15) is 9.90 Å². The summed E-state index contributed by atoms with van der Waals surface area (Å²) in [7, 11) is 0. The summed E-state index contributed by atoms with van der Waals surface area (Å²) in [6.45, 7) is 1.93. The zero-order chi connectivity index (χ0) is 16.7. The molecule has 0 bridgehead atoms. The fourth-order valence-corrected chi connectivity index (χ4v) is 2.68. The molecule has 3 N–H and O–H groups in total. The van der Waals surface area contributed by atoms with Gasteiger partial charge >= 0.3 is 6.03 Å². The van der Waals surface area contributed by atoms with Crippen LogP contribution in [0.25, 0.3) is 0 Å². The van der Waals surface area contributed by atoms with Gasteiger partial charge in [0.05, 0.1) is 6.54 Å². The third-order valence-corrected chi connectivity index (χ3v) is 4.18. The molecule has 1 aromatic carbocycles. The predicted molar refractivity (Wildman–Crippen MR) is 91.7 cm³/mol. The SMILES string of the molecule is C#CCOc1cccc(NC(=O)NC[C@@](C)(O)c2cccs2)c1. The number of rotatable bonds is 6. The number of nitrogens with one attached hydrogen (secondary N) is 2. The van der Waals surface area contributed by atoms with E-state index in [0.29, 0.717) is 11.4 Å². The summed E-state index contributed by atoms with van der Waals surface area (Å²) in [6, 6.07) is 10.2. The van der Waals surface area contributed by atoms with E-state index in [0.717, 1.165) is 4.88 Å². The van der Waals surface area contributed by atoms with Crippen LogP contribution in [0.2, 0.25) is 0 Å². The van der Waals surface area contributed by atoms with Crippen LogP contribution < -0.4 is 15.4 Å². The fourth-order valence-electron chi connectivity index (χ4n) is 1.89. The summed E-state index contributed by atoms with van der Waals surface area (Å²) >= 11 is 1.44. The number of benzene rings is 1. The molecule has 0 aliphatic heterocycles. The topological polar surface area (TPSA) is 70.6 Å². The number of amides is 2. The van der Waals surface area contributed by atoms with Crippen molar-refractivity contribution in [3.05, 3.63) is 46.7 Å². The summed E-state index contributed by atoms with van der Waals surface area (Å²) in [5.41, 5.74) is -0.531. The van der Waals surface area contributed by atoms with E-state index in [-0.39, 0.29) is 13.2 Å². The van der Waals surface area contributed by atoms with Crippen molar-refractivity contribution >= 4 is 23.1 Å². The minimum atomic E-state index is -1.11. The standard InChI is InChI=1S/C17H18N2O3S/c1-3-9-22-14-7-4-6-13(11-14)19-16(20)18-12-17(2,21)15-8-5-10-23-15/h1,4-8,10-11,21H,9,12H2,2H3,(H2,18,19,20)/t17-/m1/s1. The quantitative estimate of drug-likeness (QED) is 0.713. The Morgan fingerprint density at radius 2 is 2.26 bits per heavy atom. The van der Waals surface area contributed by atoms with Crippen molar-refractivity contribution in [3.63, 3.8) is 0 Å². The number of hydrogen-bond acceptors (Lipinski definition) is 4. The number of terminal acetylenes is 1. The maximum Gasteiger partial charge on any atom is 0.319 e. The molecule has 1 atom stereocenters. The molecule has 23 heavy (non-hydrogen) atoms. The molecule has 0 aliphatic carbocycles. The Labute approximate surface area is 139 Å². The number of ether oxygens (including phenoxy) is 1. The van der Waals surface area contributed by atoms with Crippen LogP contribution in [0.5, 0.6) is 5.75 Å². The third-order valence-electron chi connectivity index (χ3n) is 3.06. The molecule has 0 saturated carbocycles. The van der Waals surface area contributed by atoms with Gasteiger partial charge < -0.3 is 20.5 Å². The van der Waals surface area contributed by atoms with Gasteiger partial charge in [-0.15, -0.1) is 17.8 Å². The van der Waals surface area contributed by atoms with Crippen LogP contribution in [0.3, 0.4) is 0 Å². The zero-order valence-electron chi connectivity index (χ0n) is 12.7. The van der Waals surface area contributed by atoms with Crippen molar-refractivity contribution in [1.29, 1.82) is 0 Å². The average molecular weight is 330 g/mol. The van der Waals surface area contributed by atoms with Crippen LogP contribution in [0.15, 0.2) is 41.8 Å². The van der Waals surface area contributed by atoms with E-state index in [2.05, 4.69) is 16.6 Å². The first-order valence-corrected chi connectivity index (χ1v) is 7.87. The summed E-state index contributed by atoms with van der Waals surface area (Å²) in [4.78, 5) is 12.7. The molecule has 1 heterocycles. The van der Waals surface area contributed by atoms with E-state index in [1.54, 1.807) is 31.2 Å². The van der Waals surface area contributed by atoms with Gasteiger partial charge in [0.25, 0.3) is 0 Å². The average Bonchev–Trinajstić information content (AvgIpc) is 3.07. The Balaban J connectivity index is 1.89. The Morgan fingerprint density at radius 1 is 1.43 bits per heavy atom. The molecule has 0 aliphatic rings. The molecule has 0 radical (unpaired) electrons. The second kappa shape index (κ2) is 7.68. The molecule has 1 aromatic heterocycles. The Hall–Kier alpha value is -2.49. The van der Waals surface area contributed by atoms with Crippen LogP contribution in [-0.2, 0) is 5.60 Å². The number of carbonyl (C=O) groups is 1. The number of aliphatic hydroxyl groups is 1. The smallest absolute Gasteiger partial charge is 0.319 e. The van der Waals surface area contributed by atoms with Gasteiger partial charge in [-0.25, -0.2) is 4.79 Å². The first-order valence-electron chi connectivity index (χ1n) is 6.99. The lowest BCUT2D eigenvalue weighted by molar-refractivity contribution is 0.0637. The zero-order valence-corrected chi connectivity index (χ0v) is 13.5. The maximum absolute atomic E-state index is 12.0. The molecule has 0 spiro atoms. The molecule has 6 heteroatoms. The van der Waals surface area contributed by atoms with Crippen LogP contribution >= 0.6 is 11.3 Å². The second-order valence-corrected chi connectivity index (χ2v) is 6.03. The summed E-state index contributed by atoms with van der Waals surface area (Å²) in [5.74, 6) is 2.95. The van der Waals surface area contributed by atoms with E-state index in [1.807, 2.05) is 17.5 Å². The Bertz CT molecular complexity index is 690. The van der Waals surface area contributed by atoms with Gasteiger partial charge in [0.1, 0.15) is 18.0 Å². The highest BCUT2D eigenvalue weighted by Gasteiger charge is 2.24. The van der Waals surface area contributed by atoms with Crippen molar-refractivity contribution in [2.75, 3.05) is 18.5 Å². The lowest BCUT2D eigenvalue weighted by atomic mass is 10.1. The number of urea groups is 1. The van der Waals surface area contributed by atoms with Crippen LogP contribution in [0.1, 0.15) is 11.8 Å². The first-order chi connectivity index (χ1) is 11.0. The van der Waals surface area contributed by atoms with Gasteiger partial charge in [0.2, 0.25) is 0 Å². The Morgan fingerprint density at radius 3 is 2.96 bits per heavy atom. The van der Waals surface area contributed by atoms with Gasteiger partial charge in [-0.05, 0) is 30.5 Å². The molecule has 0 fully saturated rings. The minimum Gasteiger partial charge on any atom is -0.481 e. The third kappa shape index (κ3) is 5.02.